The molecule has 1 aromatic heterocycles. The molecule has 3 nitrogen and oxygen atoms in total. The van der Waals surface area contributed by atoms with E-state index in [4.69, 9.17) is 10.1 Å². The fourth-order valence-electron chi connectivity index (χ4n) is 4.51. The Morgan fingerprint density at radius 3 is 2.27 bits per heavy atom. The summed E-state index contributed by atoms with van der Waals surface area (Å²) in [6.07, 6.45) is 1.17. The van der Waals surface area contributed by atoms with Crippen molar-refractivity contribution >= 4 is 16.7 Å². The van der Waals surface area contributed by atoms with Gasteiger partial charge in [0, 0.05) is 37.0 Å². The standard InChI is InChI=1S/C24H18N.C5H8O2.Ir/c1-24(2)19-14-8-6-12-17(19)21-18-13-7-9-15-20(18)25-23(22(21)24)16-10-4-3-5-11-16;1-4(6)3-5(2)7;/h3-10,12-15H,1-2H3;3,6H,1-2H3;/q-1;;/b;4-3-;. The van der Waals surface area contributed by atoms with E-state index in [1.165, 1.54) is 47.6 Å². The van der Waals surface area contributed by atoms with Gasteiger partial charge in [-0.25, -0.2) is 0 Å². The molecule has 0 saturated heterocycles. The zero-order valence-electron chi connectivity index (χ0n) is 19.1. The topological polar surface area (TPSA) is 50.2 Å². The number of aromatic nitrogens is 1. The second-order valence-corrected chi connectivity index (χ2v) is 8.57. The molecule has 4 heteroatoms. The monoisotopic (exact) mass is 613 g/mol. The van der Waals surface area contributed by atoms with Gasteiger partial charge >= 0.3 is 0 Å². The molecule has 0 amide bonds. The van der Waals surface area contributed by atoms with Crippen LogP contribution in [0.5, 0.6) is 0 Å². The van der Waals surface area contributed by atoms with E-state index >= 15 is 0 Å². The summed E-state index contributed by atoms with van der Waals surface area (Å²) in [5, 5.41) is 9.59. The number of nitrogens with zero attached hydrogens (tertiary/aromatic N) is 1. The SMILES string of the molecule is CC(=O)/C=C(/C)O.CC1(C)c2ccccc2-c2c1c(-c1[c-]cccc1)nc1ccccc21.[Ir]. The second-order valence-electron chi connectivity index (χ2n) is 8.57. The Kier molecular flexibility index (Phi) is 7.31. The molecule has 0 unspecified atom stereocenters. The number of rotatable bonds is 2. The summed E-state index contributed by atoms with van der Waals surface area (Å²) in [7, 11) is 0. The van der Waals surface area contributed by atoms with E-state index in [9.17, 15) is 4.79 Å². The Bertz CT molecular complexity index is 1340. The molecule has 3 aromatic carbocycles. The molecular formula is C29H26IrNO2-. The van der Waals surface area contributed by atoms with E-state index in [1.807, 2.05) is 12.1 Å². The van der Waals surface area contributed by atoms with Crippen molar-refractivity contribution in [2.24, 2.45) is 0 Å². The third kappa shape index (κ3) is 4.68. The molecule has 169 valence electrons. The van der Waals surface area contributed by atoms with E-state index < -0.39 is 0 Å². The smallest absolute Gasteiger partial charge is 0.155 e. The van der Waals surface area contributed by atoms with Crippen LogP contribution in [-0.4, -0.2) is 15.9 Å². The number of aliphatic hydroxyl groups excluding tert-OH is 1. The van der Waals surface area contributed by atoms with Gasteiger partial charge < -0.3 is 5.11 Å². The first-order valence-corrected chi connectivity index (χ1v) is 10.7. The third-order valence-corrected chi connectivity index (χ3v) is 5.76. The van der Waals surface area contributed by atoms with Crippen LogP contribution in [0.25, 0.3) is 33.3 Å². The molecule has 0 saturated carbocycles. The summed E-state index contributed by atoms with van der Waals surface area (Å²) in [5.41, 5.74) is 8.43. The predicted molar refractivity (Wildman–Crippen MR) is 131 cm³/mol. The van der Waals surface area contributed by atoms with Crippen molar-refractivity contribution in [1.82, 2.24) is 4.98 Å². The van der Waals surface area contributed by atoms with Gasteiger partial charge in [0.2, 0.25) is 0 Å². The normalized spacial score (nSPS) is 13.3. The number of fused-ring (bicyclic) bond motifs is 5. The average Bonchev–Trinajstić information content (AvgIpc) is 3.01. The van der Waals surface area contributed by atoms with Gasteiger partial charge in [-0.1, -0.05) is 56.3 Å². The maximum Gasteiger partial charge on any atom is 0.155 e. The summed E-state index contributed by atoms with van der Waals surface area (Å²) in [6.45, 7) is 7.46. The summed E-state index contributed by atoms with van der Waals surface area (Å²) in [6, 6.07) is 28.7. The number of hydrogen-bond acceptors (Lipinski definition) is 3. The van der Waals surface area contributed by atoms with E-state index in [0.717, 1.165) is 16.8 Å². The number of ketones is 1. The molecule has 0 spiro atoms. The summed E-state index contributed by atoms with van der Waals surface area (Å²) in [5.74, 6) is -0.0625. The molecule has 1 heterocycles. The van der Waals surface area contributed by atoms with Crippen molar-refractivity contribution in [3.8, 4) is 22.4 Å². The van der Waals surface area contributed by atoms with Gasteiger partial charge in [-0.2, -0.15) is 0 Å². The molecule has 5 rings (SSSR count). The van der Waals surface area contributed by atoms with E-state index in [0.29, 0.717) is 0 Å². The molecule has 0 bridgehead atoms. The third-order valence-electron chi connectivity index (χ3n) is 5.76. The minimum Gasteiger partial charge on any atom is -0.512 e. The Morgan fingerprint density at radius 1 is 0.970 bits per heavy atom. The minimum atomic E-state index is -0.125. The minimum absolute atomic E-state index is 0. The molecule has 1 N–H and O–H groups in total. The van der Waals surface area contributed by atoms with Crippen LogP contribution in [0, 0.1) is 6.07 Å². The average molecular weight is 613 g/mol. The van der Waals surface area contributed by atoms with Gasteiger partial charge in [-0.15, -0.1) is 35.9 Å². The van der Waals surface area contributed by atoms with Crippen molar-refractivity contribution in [2.45, 2.75) is 33.1 Å². The molecule has 1 radical (unpaired) electrons. The molecule has 4 aromatic rings. The van der Waals surface area contributed by atoms with E-state index in [1.54, 1.807) is 0 Å². The quantitative estimate of drug-likeness (QED) is 0.150. The second kappa shape index (κ2) is 9.82. The summed E-state index contributed by atoms with van der Waals surface area (Å²) < 4.78 is 0. The van der Waals surface area contributed by atoms with Crippen LogP contribution < -0.4 is 0 Å². The van der Waals surface area contributed by atoms with Gasteiger partial charge in [0.15, 0.2) is 5.78 Å². The van der Waals surface area contributed by atoms with Crippen molar-refractivity contribution in [3.05, 3.63) is 102 Å². The van der Waals surface area contributed by atoms with Gasteiger partial charge in [0.05, 0.1) is 11.3 Å². The fourth-order valence-corrected chi connectivity index (χ4v) is 4.51. The molecular weight excluding hydrogens is 587 g/mol. The van der Waals surface area contributed by atoms with Crippen molar-refractivity contribution in [3.63, 3.8) is 0 Å². The molecule has 1 aliphatic rings. The zero-order valence-corrected chi connectivity index (χ0v) is 21.5. The van der Waals surface area contributed by atoms with Crippen LogP contribution in [-0.2, 0) is 30.3 Å². The van der Waals surface area contributed by atoms with Crippen LogP contribution >= 0.6 is 0 Å². The number of pyridine rings is 1. The molecule has 0 atom stereocenters. The van der Waals surface area contributed by atoms with Gasteiger partial charge in [-0.05, 0) is 47.9 Å². The van der Waals surface area contributed by atoms with Crippen LogP contribution in [0.2, 0.25) is 0 Å². The largest absolute Gasteiger partial charge is 0.512 e. The maximum absolute atomic E-state index is 10.0. The maximum atomic E-state index is 10.0. The number of carbonyl (C=O) groups excluding carboxylic acids is 1. The van der Waals surface area contributed by atoms with Gasteiger partial charge in [-0.3, -0.25) is 9.78 Å². The Morgan fingerprint density at radius 2 is 1.64 bits per heavy atom. The first-order chi connectivity index (χ1) is 15.3. The number of para-hydroxylation sites is 1. The van der Waals surface area contributed by atoms with Crippen LogP contribution in [0.4, 0.5) is 0 Å². The Hall–Kier alpha value is -3.07. The Labute approximate surface area is 208 Å². The number of benzene rings is 3. The first-order valence-electron chi connectivity index (χ1n) is 10.7. The van der Waals surface area contributed by atoms with Gasteiger partial charge in [0.25, 0.3) is 0 Å². The predicted octanol–water partition coefficient (Wildman–Crippen LogP) is 7.04. The number of carbonyl (C=O) groups is 1. The van der Waals surface area contributed by atoms with Crippen molar-refractivity contribution < 1.29 is 30.0 Å². The molecule has 0 aliphatic heterocycles. The Balaban J connectivity index is 0.000000337. The van der Waals surface area contributed by atoms with Crippen LogP contribution in [0.3, 0.4) is 0 Å². The number of hydrogen-bond donors (Lipinski definition) is 1. The molecule has 1 aliphatic carbocycles. The van der Waals surface area contributed by atoms with Crippen molar-refractivity contribution in [2.75, 3.05) is 0 Å². The van der Waals surface area contributed by atoms with Crippen LogP contribution in [0.15, 0.2) is 84.6 Å². The number of allylic oxidation sites excluding steroid dienone is 2. The van der Waals surface area contributed by atoms with Gasteiger partial charge in [0.1, 0.15) is 0 Å². The summed E-state index contributed by atoms with van der Waals surface area (Å²) >= 11 is 0. The fraction of sp³-hybridized carbons (Fsp3) is 0.172. The van der Waals surface area contributed by atoms with E-state index in [2.05, 4.69) is 80.6 Å². The first kappa shape index (κ1) is 24.6. The molecule has 33 heavy (non-hydrogen) atoms. The molecule has 0 fully saturated rings. The van der Waals surface area contributed by atoms with E-state index in [-0.39, 0.29) is 37.1 Å². The summed E-state index contributed by atoms with van der Waals surface area (Å²) in [4.78, 5) is 15.1. The van der Waals surface area contributed by atoms with Crippen LogP contribution in [0.1, 0.15) is 38.8 Å². The van der Waals surface area contributed by atoms with Crippen molar-refractivity contribution in [1.29, 1.82) is 0 Å². The zero-order chi connectivity index (χ0) is 22.9. The number of aliphatic hydroxyl groups is 1.